The van der Waals surface area contributed by atoms with E-state index in [1.54, 1.807) is 0 Å². The predicted molar refractivity (Wildman–Crippen MR) is 73.8 cm³/mol. The molecule has 1 N–H and O–H groups in total. The molecule has 0 bridgehead atoms. The third-order valence-corrected chi connectivity index (χ3v) is 4.31. The quantitative estimate of drug-likeness (QED) is 0.868. The van der Waals surface area contributed by atoms with E-state index in [2.05, 4.69) is 32.9 Å². The van der Waals surface area contributed by atoms with Gasteiger partial charge in [0.05, 0.1) is 0 Å². The minimum absolute atomic E-state index is 0.719. The molecule has 2 aliphatic rings. The summed E-state index contributed by atoms with van der Waals surface area (Å²) in [7, 11) is 0. The molecule has 0 atom stereocenters. The fourth-order valence-corrected chi connectivity index (χ4v) is 2.84. The summed E-state index contributed by atoms with van der Waals surface area (Å²) in [6, 6.07) is 0.719. The Morgan fingerprint density at radius 2 is 2.06 bits per heavy atom. The van der Waals surface area contributed by atoms with Crippen LogP contribution in [-0.4, -0.2) is 40.6 Å². The first-order valence-electron chi connectivity index (χ1n) is 7.36. The first-order valence-corrected chi connectivity index (χ1v) is 7.36. The zero-order valence-electron chi connectivity index (χ0n) is 11.3. The van der Waals surface area contributed by atoms with Crippen LogP contribution in [0.4, 0.5) is 5.95 Å². The van der Waals surface area contributed by atoms with E-state index >= 15 is 0 Å². The molecule has 0 radical (unpaired) electrons. The molecule has 1 aromatic rings. The summed E-state index contributed by atoms with van der Waals surface area (Å²) in [5.41, 5.74) is 0. The minimum atomic E-state index is 0.719. The molecule has 4 nitrogen and oxygen atoms in total. The Bertz CT molecular complexity index is 375. The molecule has 1 saturated heterocycles. The van der Waals surface area contributed by atoms with E-state index in [9.17, 15) is 0 Å². The third-order valence-electron chi connectivity index (χ3n) is 4.31. The molecule has 1 aliphatic carbocycles. The first kappa shape index (κ1) is 12.0. The van der Waals surface area contributed by atoms with Gasteiger partial charge in [-0.1, -0.05) is 6.92 Å². The second kappa shape index (κ2) is 5.31. The van der Waals surface area contributed by atoms with Crippen molar-refractivity contribution in [3.8, 4) is 0 Å². The molecular weight excluding hydrogens is 224 g/mol. The van der Waals surface area contributed by atoms with Crippen molar-refractivity contribution in [2.45, 2.75) is 38.6 Å². The smallest absolute Gasteiger partial charge is 0.203 e. The van der Waals surface area contributed by atoms with E-state index in [0.717, 1.165) is 24.5 Å². The molecule has 0 spiro atoms. The second-order valence-electron chi connectivity index (χ2n) is 5.65. The molecular formula is C14H24N4. The molecule has 0 aromatic carbocycles. The highest BCUT2D eigenvalue weighted by atomic mass is 15.2. The second-order valence-corrected chi connectivity index (χ2v) is 5.65. The van der Waals surface area contributed by atoms with E-state index in [1.807, 2.05) is 6.20 Å². The van der Waals surface area contributed by atoms with Crippen molar-refractivity contribution in [3.63, 3.8) is 0 Å². The van der Waals surface area contributed by atoms with Gasteiger partial charge in [-0.15, -0.1) is 0 Å². The van der Waals surface area contributed by atoms with Gasteiger partial charge in [0.2, 0.25) is 5.95 Å². The maximum Gasteiger partial charge on any atom is 0.203 e. The van der Waals surface area contributed by atoms with Crippen LogP contribution in [0, 0.1) is 5.92 Å². The van der Waals surface area contributed by atoms with Crippen LogP contribution in [-0.2, 0) is 0 Å². The number of piperidine rings is 1. The van der Waals surface area contributed by atoms with Gasteiger partial charge in [-0.25, -0.2) is 4.98 Å². The van der Waals surface area contributed by atoms with E-state index in [0.29, 0.717) is 0 Å². The number of rotatable bonds is 5. The average Bonchev–Trinajstić information content (AvgIpc) is 3.16. The van der Waals surface area contributed by atoms with E-state index in [-0.39, 0.29) is 0 Å². The number of likely N-dealkylation sites (tertiary alicyclic amines) is 1. The number of aromatic nitrogens is 2. The van der Waals surface area contributed by atoms with Crippen LogP contribution in [0.5, 0.6) is 0 Å². The molecule has 3 rings (SSSR count). The number of nitrogens with one attached hydrogen (secondary N) is 1. The Labute approximate surface area is 109 Å². The average molecular weight is 248 g/mol. The zero-order chi connectivity index (χ0) is 12.4. The van der Waals surface area contributed by atoms with Crippen molar-refractivity contribution in [2.24, 2.45) is 5.92 Å². The van der Waals surface area contributed by atoms with Crippen molar-refractivity contribution in [3.05, 3.63) is 12.4 Å². The monoisotopic (exact) mass is 248 g/mol. The molecule has 2 fully saturated rings. The summed E-state index contributed by atoms with van der Waals surface area (Å²) in [4.78, 5) is 6.98. The fraction of sp³-hybridized carbons (Fsp3) is 0.786. The summed E-state index contributed by atoms with van der Waals surface area (Å²) in [6.45, 7) is 7.07. The fourth-order valence-electron chi connectivity index (χ4n) is 2.84. The molecule has 2 heterocycles. The summed E-state index contributed by atoms with van der Waals surface area (Å²) in [5.74, 6) is 1.90. The lowest BCUT2D eigenvalue weighted by Crippen LogP contribution is -2.35. The molecule has 1 saturated carbocycles. The van der Waals surface area contributed by atoms with Crippen molar-refractivity contribution in [2.75, 3.05) is 31.5 Å². The molecule has 1 aliphatic heterocycles. The zero-order valence-corrected chi connectivity index (χ0v) is 11.3. The predicted octanol–water partition coefficient (Wildman–Crippen LogP) is 2.36. The van der Waals surface area contributed by atoms with E-state index in [1.165, 1.54) is 45.3 Å². The van der Waals surface area contributed by atoms with Crippen LogP contribution in [0.25, 0.3) is 0 Å². The van der Waals surface area contributed by atoms with Crippen molar-refractivity contribution in [1.29, 1.82) is 0 Å². The number of imidazole rings is 1. The first-order chi connectivity index (χ1) is 8.86. The van der Waals surface area contributed by atoms with Gasteiger partial charge in [-0.3, -0.25) is 0 Å². The van der Waals surface area contributed by atoms with Crippen LogP contribution in [0.1, 0.15) is 38.6 Å². The van der Waals surface area contributed by atoms with Crippen LogP contribution < -0.4 is 5.32 Å². The van der Waals surface area contributed by atoms with Crippen molar-refractivity contribution >= 4 is 5.95 Å². The lowest BCUT2D eigenvalue weighted by atomic mass is 9.97. The van der Waals surface area contributed by atoms with E-state index < -0.39 is 0 Å². The Morgan fingerprint density at radius 3 is 2.72 bits per heavy atom. The van der Waals surface area contributed by atoms with Crippen molar-refractivity contribution < 1.29 is 0 Å². The van der Waals surface area contributed by atoms with Gasteiger partial charge in [0, 0.05) is 25.0 Å². The summed E-state index contributed by atoms with van der Waals surface area (Å²) in [5, 5.41) is 3.55. The van der Waals surface area contributed by atoms with Gasteiger partial charge in [0.25, 0.3) is 0 Å². The largest absolute Gasteiger partial charge is 0.355 e. The normalized spacial score (nSPS) is 22.3. The van der Waals surface area contributed by atoms with Gasteiger partial charge >= 0.3 is 0 Å². The third kappa shape index (κ3) is 2.69. The van der Waals surface area contributed by atoms with Gasteiger partial charge < -0.3 is 14.8 Å². The Morgan fingerprint density at radius 1 is 1.28 bits per heavy atom. The lowest BCUT2D eigenvalue weighted by molar-refractivity contribution is 0.198. The minimum Gasteiger partial charge on any atom is -0.355 e. The maximum absolute atomic E-state index is 4.43. The standard InChI is InChI=1S/C14H24N4/c1-2-17-8-5-12(6-9-17)11-16-14-15-7-10-18(14)13-3-4-13/h7,10,12-13H,2-6,8-9,11H2,1H3,(H,15,16). The summed E-state index contributed by atoms with van der Waals surface area (Å²) < 4.78 is 2.31. The highest BCUT2D eigenvalue weighted by Crippen LogP contribution is 2.36. The Balaban J connectivity index is 1.48. The van der Waals surface area contributed by atoms with Crippen LogP contribution in [0.3, 0.4) is 0 Å². The topological polar surface area (TPSA) is 33.1 Å². The SMILES string of the molecule is CCN1CCC(CNc2nccn2C2CC2)CC1. The van der Waals surface area contributed by atoms with Crippen LogP contribution in [0.2, 0.25) is 0 Å². The Kier molecular flexibility index (Phi) is 3.55. The van der Waals surface area contributed by atoms with Gasteiger partial charge in [0.1, 0.15) is 0 Å². The molecule has 0 amide bonds. The van der Waals surface area contributed by atoms with Gasteiger partial charge in [0.15, 0.2) is 0 Å². The van der Waals surface area contributed by atoms with Crippen LogP contribution in [0.15, 0.2) is 12.4 Å². The molecule has 4 heteroatoms. The van der Waals surface area contributed by atoms with Gasteiger partial charge in [-0.2, -0.15) is 0 Å². The number of hydrogen-bond acceptors (Lipinski definition) is 3. The van der Waals surface area contributed by atoms with E-state index in [4.69, 9.17) is 0 Å². The molecule has 1 aromatic heterocycles. The molecule has 0 unspecified atom stereocenters. The molecule has 18 heavy (non-hydrogen) atoms. The number of nitrogens with zero attached hydrogens (tertiary/aromatic N) is 3. The lowest BCUT2D eigenvalue weighted by Gasteiger charge is -2.31. The maximum atomic E-state index is 4.43. The molecule has 100 valence electrons. The number of anilines is 1. The van der Waals surface area contributed by atoms with Crippen LogP contribution >= 0.6 is 0 Å². The number of hydrogen-bond donors (Lipinski definition) is 1. The highest BCUT2D eigenvalue weighted by Gasteiger charge is 2.26. The Hall–Kier alpha value is -1.03. The summed E-state index contributed by atoms with van der Waals surface area (Å²) in [6.07, 6.45) is 9.32. The van der Waals surface area contributed by atoms with Crippen molar-refractivity contribution in [1.82, 2.24) is 14.5 Å². The summed E-state index contributed by atoms with van der Waals surface area (Å²) >= 11 is 0. The van der Waals surface area contributed by atoms with Gasteiger partial charge in [-0.05, 0) is 51.2 Å². The highest BCUT2D eigenvalue weighted by molar-refractivity contribution is 5.27.